The first-order chi connectivity index (χ1) is 8.08. The SMILES string of the molecule is C=C(CNC(C)C)CN(C)CC1CCCCC1. The molecule has 0 amide bonds. The number of nitrogens with one attached hydrogen (secondary N) is 1. The molecular weight excluding hydrogens is 208 g/mol. The maximum absolute atomic E-state index is 4.16. The van der Waals surface area contributed by atoms with Crippen molar-refractivity contribution in [1.29, 1.82) is 0 Å². The van der Waals surface area contributed by atoms with Crippen molar-refractivity contribution in [3.63, 3.8) is 0 Å². The predicted octanol–water partition coefficient (Wildman–Crippen LogP) is 3.05. The van der Waals surface area contributed by atoms with E-state index in [0.29, 0.717) is 6.04 Å². The molecule has 1 saturated carbocycles. The third-order valence-electron chi connectivity index (χ3n) is 3.55. The minimum atomic E-state index is 0.551. The van der Waals surface area contributed by atoms with Crippen molar-refractivity contribution >= 4 is 0 Å². The Morgan fingerprint density at radius 3 is 2.53 bits per heavy atom. The first-order valence-electron chi connectivity index (χ1n) is 7.16. The summed E-state index contributed by atoms with van der Waals surface area (Å²) in [7, 11) is 2.23. The summed E-state index contributed by atoms with van der Waals surface area (Å²) in [5, 5.41) is 3.43. The van der Waals surface area contributed by atoms with Crippen LogP contribution in [0, 0.1) is 5.92 Å². The highest BCUT2D eigenvalue weighted by Crippen LogP contribution is 2.24. The zero-order chi connectivity index (χ0) is 12.7. The maximum Gasteiger partial charge on any atom is 0.0199 e. The van der Waals surface area contributed by atoms with Crippen LogP contribution in [0.5, 0.6) is 0 Å². The van der Waals surface area contributed by atoms with Gasteiger partial charge in [0, 0.05) is 25.7 Å². The molecule has 0 aromatic rings. The molecule has 0 unspecified atom stereocenters. The zero-order valence-corrected chi connectivity index (χ0v) is 12.0. The number of nitrogens with zero attached hydrogens (tertiary/aromatic N) is 1. The summed E-state index contributed by atoms with van der Waals surface area (Å²) in [5.74, 6) is 0.930. The smallest absolute Gasteiger partial charge is 0.0199 e. The Morgan fingerprint density at radius 1 is 1.29 bits per heavy atom. The quantitative estimate of drug-likeness (QED) is 0.686. The van der Waals surface area contributed by atoms with Crippen molar-refractivity contribution in [1.82, 2.24) is 10.2 Å². The van der Waals surface area contributed by atoms with Gasteiger partial charge in [0.2, 0.25) is 0 Å². The van der Waals surface area contributed by atoms with Gasteiger partial charge in [-0.05, 0) is 31.4 Å². The largest absolute Gasteiger partial charge is 0.311 e. The van der Waals surface area contributed by atoms with Gasteiger partial charge in [0.1, 0.15) is 0 Å². The Balaban J connectivity index is 2.14. The van der Waals surface area contributed by atoms with Crippen LogP contribution in [0.3, 0.4) is 0 Å². The van der Waals surface area contributed by atoms with Gasteiger partial charge < -0.3 is 10.2 Å². The van der Waals surface area contributed by atoms with E-state index >= 15 is 0 Å². The number of hydrogen-bond donors (Lipinski definition) is 1. The Morgan fingerprint density at radius 2 is 1.94 bits per heavy atom. The molecule has 0 atom stereocenters. The van der Waals surface area contributed by atoms with Crippen LogP contribution in [0.15, 0.2) is 12.2 Å². The molecule has 1 aliphatic carbocycles. The zero-order valence-electron chi connectivity index (χ0n) is 12.0. The lowest BCUT2D eigenvalue weighted by molar-refractivity contribution is 0.244. The topological polar surface area (TPSA) is 15.3 Å². The molecular formula is C15H30N2. The van der Waals surface area contributed by atoms with Gasteiger partial charge in [0.15, 0.2) is 0 Å². The van der Waals surface area contributed by atoms with Gasteiger partial charge in [-0.2, -0.15) is 0 Å². The molecule has 0 bridgehead atoms. The minimum Gasteiger partial charge on any atom is -0.311 e. The summed E-state index contributed by atoms with van der Waals surface area (Å²) in [4.78, 5) is 2.44. The highest BCUT2D eigenvalue weighted by Gasteiger charge is 2.15. The van der Waals surface area contributed by atoms with Crippen LogP contribution in [0.4, 0.5) is 0 Å². The summed E-state index contributed by atoms with van der Waals surface area (Å²) in [6, 6.07) is 0.551. The van der Waals surface area contributed by atoms with Crippen LogP contribution in [-0.2, 0) is 0 Å². The van der Waals surface area contributed by atoms with E-state index in [4.69, 9.17) is 0 Å². The lowest BCUT2D eigenvalue weighted by Crippen LogP contribution is -2.32. The van der Waals surface area contributed by atoms with Gasteiger partial charge in [0.25, 0.3) is 0 Å². The van der Waals surface area contributed by atoms with E-state index in [0.717, 1.165) is 19.0 Å². The molecule has 0 saturated heterocycles. The second-order valence-electron chi connectivity index (χ2n) is 5.99. The molecule has 1 aliphatic rings. The van der Waals surface area contributed by atoms with Gasteiger partial charge in [-0.15, -0.1) is 0 Å². The van der Waals surface area contributed by atoms with E-state index in [1.54, 1.807) is 0 Å². The molecule has 0 aromatic heterocycles. The molecule has 1 fully saturated rings. The number of hydrogen-bond acceptors (Lipinski definition) is 2. The molecule has 2 heteroatoms. The highest BCUT2D eigenvalue weighted by atomic mass is 15.1. The van der Waals surface area contributed by atoms with Crippen molar-refractivity contribution in [2.45, 2.75) is 52.0 Å². The normalized spacial score (nSPS) is 17.9. The van der Waals surface area contributed by atoms with E-state index in [1.165, 1.54) is 44.2 Å². The standard InChI is InChI=1S/C15H30N2/c1-13(2)16-10-14(3)11-17(4)12-15-8-6-5-7-9-15/h13,15-16H,3,5-12H2,1-2,4H3. The lowest BCUT2D eigenvalue weighted by atomic mass is 9.89. The molecule has 0 aliphatic heterocycles. The van der Waals surface area contributed by atoms with Gasteiger partial charge in [0.05, 0.1) is 0 Å². The third kappa shape index (κ3) is 6.85. The average Bonchev–Trinajstić information content (AvgIpc) is 2.27. The Hall–Kier alpha value is -0.340. The van der Waals surface area contributed by atoms with E-state index < -0.39 is 0 Å². The second kappa shape index (κ2) is 7.88. The minimum absolute atomic E-state index is 0.551. The third-order valence-corrected chi connectivity index (χ3v) is 3.55. The van der Waals surface area contributed by atoms with Crippen molar-refractivity contribution in [2.24, 2.45) is 5.92 Å². The first-order valence-corrected chi connectivity index (χ1v) is 7.16. The fraction of sp³-hybridized carbons (Fsp3) is 0.867. The summed E-state index contributed by atoms with van der Waals surface area (Å²) in [6.07, 6.45) is 7.19. The van der Waals surface area contributed by atoms with Gasteiger partial charge in [-0.1, -0.05) is 39.7 Å². The molecule has 0 spiro atoms. The summed E-state index contributed by atoms with van der Waals surface area (Å²) < 4.78 is 0. The Kier molecular flexibility index (Phi) is 6.83. The van der Waals surface area contributed by atoms with Crippen LogP contribution in [0.25, 0.3) is 0 Å². The number of rotatable bonds is 7. The fourth-order valence-electron chi connectivity index (χ4n) is 2.66. The Bertz CT molecular complexity index is 217. The molecule has 0 aromatic carbocycles. The van der Waals surface area contributed by atoms with Gasteiger partial charge in [-0.3, -0.25) is 0 Å². The van der Waals surface area contributed by atoms with Crippen molar-refractivity contribution < 1.29 is 0 Å². The van der Waals surface area contributed by atoms with Crippen LogP contribution < -0.4 is 5.32 Å². The summed E-state index contributed by atoms with van der Waals surface area (Å²) in [5.41, 5.74) is 1.30. The van der Waals surface area contributed by atoms with Crippen molar-refractivity contribution in [2.75, 3.05) is 26.7 Å². The second-order valence-corrected chi connectivity index (χ2v) is 5.99. The van der Waals surface area contributed by atoms with E-state index in [1.807, 2.05) is 0 Å². The molecule has 0 radical (unpaired) electrons. The van der Waals surface area contributed by atoms with Crippen LogP contribution in [-0.4, -0.2) is 37.6 Å². The predicted molar refractivity (Wildman–Crippen MR) is 76.4 cm³/mol. The molecule has 0 heterocycles. The lowest BCUT2D eigenvalue weighted by Gasteiger charge is -2.27. The van der Waals surface area contributed by atoms with Crippen LogP contribution >= 0.6 is 0 Å². The average molecular weight is 238 g/mol. The van der Waals surface area contributed by atoms with Gasteiger partial charge >= 0.3 is 0 Å². The monoisotopic (exact) mass is 238 g/mol. The molecule has 1 rings (SSSR count). The van der Waals surface area contributed by atoms with E-state index in [9.17, 15) is 0 Å². The molecule has 2 nitrogen and oxygen atoms in total. The van der Waals surface area contributed by atoms with Gasteiger partial charge in [-0.25, -0.2) is 0 Å². The fourth-order valence-corrected chi connectivity index (χ4v) is 2.66. The summed E-state index contributed by atoms with van der Waals surface area (Å²) in [6.45, 7) is 11.8. The van der Waals surface area contributed by atoms with Crippen molar-refractivity contribution in [3.05, 3.63) is 12.2 Å². The molecule has 100 valence electrons. The van der Waals surface area contributed by atoms with E-state index in [2.05, 4.69) is 37.7 Å². The van der Waals surface area contributed by atoms with E-state index in [-0.39, 0.29) is 0 Å². The molecule has 17 heavy (non-hydrogen) atoms. The highest BCUT2D eigenvalue weighted by molar-refractivity contribution is 4.99. The van der Waals surface area contributed by atoms with Crippen molar-refractivity contribution in [3.8, 4) is 0 Å². The maximum atomic E-state index is 4.16. The Labute approximate surface area is 107 Å². The van der Waals surface area contributed by atoms with Crippen LogP contribution in [0.2, 0.25) is 0 Å². The first kappa shape index (κ1) is 14.7. The number of likely N-dealkylation sites (N-methyl/N-ethyl adjacent to an activating group) is 1. The van der Waals surface area contributed by atoms with Crippen LogP contribution in [0.1, 0.15) is 46.0 Å². The summed E-state index contributed by atoms with van der Waals surface area (Å²) >= 11 is 0. The molecule has 1 N–H and O–H groups in total.